The second kappa shape index (κ2) is 6.75. The number of halogens is 1. The maximum atomic E-state index is 12.9. The third kappa shape index (κ3) is 3.43. The van der Waals surface area contributed by atoms with E-state index in [9.17, 15) is 4.79 Å². The predicted octanol–water partition coefficient (Wildman–Crippen LogP) is 3.99. The van der Waals surface area contributed by atoms with Crippen LogP contribution in [0.2, 0.25) is 0 Å². The number of amides is 1. The second-order valence-electron chi connectivity index (χ2n) is 6.23. The normalized spacial score (nSPS) is 19.9. The van der Waals surface area contributed by atoms with E-state index < -0.39 is 5.41 Å². The third-order valence-corrected chi connectivity index (χ3v) is 4.81. The Morgan fingerprint density at radius 1 is 1.35 bits per heavy atom. The minimum atomic E-state index is -0.433. The first kappa shape index (κ1) is 15.6. The zero-order valence-electron chi connectivity index (χ0n) is 12.4. The highest BCUT2D eigenvalue weighted by molar-refractivity contribution is 9.09. The highest BCUT2D eigenvalue weighted by Gasteiger charge is 2.35. The number of hydrogen-bond donors (Lipinski definition) is 0. The van der Waals surface area contributed by atoms with E-state index in [0.29, 0.717) is 5.92 Å². The van der Waals surface area contributed by atoms with Crippen LogP contribution in [-0.2, 0) is 10.2 Å². The number of carbonyl (C=O) groups is 1. The molecular weight excluding hydrogens is 314 g/mol. The van der Waals surface area contributed by atoms with E-state index in [1.807, 2.05) is 32.0 Å². The minimum Gasteiger partial charge on any atom is -0.342 e. The van der Waals surface area contributed by atoms with E-state index >= 15 is 0 Å². The van der Waals surface area contributed by atoms with E-state index in [2.05, 4.69) is 33.0 Å². The van der Waals surface area contributed by atoms with Crippen LogP contribution in [0, 0.1) is 5.92 Å². The molecule has 1 amide bonds. The Hall–Kier alpha value is -0.830. The summed E-state index contributed by atoms with van der Waals surface area (Å²) in [5.74, 6) is 0.918. The Bertz CT molecular complexity index is 442. The van der Waals surface area contributed by atoms with Crippen LogP contribution in [0.5, 0.6) is 0 Å². The van der Waals surface area contributed by atoms with Crippen molar-refractivity contribution in [1.82, 2.24) is 4.90 Å². The number of nitrogens with zero attached hydrogens (tertiary/aromatic N) is 1. The van der Waals surface area contributed by atoms with Gasteiger partial charge in [0.05, 0.1) is 5.41 Å². The van der Waals surface area contributed by atoms with Gasteiger partial charge in [-0.2, -0.15) is 0 Å². The zero-order chi connectivity index (χ0) is 14.6. The van der Waals surface area contributed by atoms with Crippen LogP contribution in [0.1, 0.15) is 38.7 Å². The molecular formula is C17H24BrNO. The van der Waals surface area contributed by atoms with Crippen molar-refractivity contribution in [3.8, 4) is 0 Å². The van der Waals surface area contributed by atoms with Crippen molar-refractivity contribution >= 4 is 21.8 Å². The van der Waals surface area contributed by atoms with Gasteiger partial charge in [-0.25, -0.2) is 0 Å². The molecule has 0 aromatic heterocycles. The third-order valence-electron chi connectivity index (χ3n) is 4.35. The molecule has 0 aliphatic carbocycles. The lowest BCUT2D eigenvalue weighted by atomic mass is 9.82. The lowest BCUT2D eigenvalue weighted by Gasteiger charge is -2.37. The van der Waals surface area contributed by atoms with Gasteiger partial charge in [-0.1, -0.05) is 46.3 Å². The van der Waals surface area contributed by atoms with E-state index in [1.165, 1.54) is 6.42 Å². The molecule has 1 atom stereocenters. The van der Waals surface area contributed by atoms with E-state index in [1.54, 1.807) is 0 Å². The Labute approximate surface area is 130 Å². The molecule has 1 heterocycles. The largest absolute Gasteiger partial charge is 0.342 e. The van der Waals surface area contributed by atoms with Gasteiger partial charge in [0.1, 0.15) is 0 Å². The van der Waals surface area contributed by atoms with E-state index in [4.69, 9.17) is 0 Å². The van der Waals surface area contributed by atoms with Gasteiger partial charge in [-0.15, -0.1) is 0 Å². The number of alkyl halides is 1. The van der Waals surface area contributed by atoms with Gasteiger partial charge in [0, 0.05) is 18.4 Å². The fourth-order valence-electron chi connectivity index (χ4n) is 3.01. The summed E-state index contributed by atoms with van der Waals surface area (Å²) in [6.45, 7) is 5.91. The van der Waals surface area contributed by atoms with Gasteiger partial charge in [0.15, 0.2) is 0 Å². The van der Waals surface area contributed by atoms with Gasteiger partial charge in [0.2, 0.25) is 5.91 Å². The molecule has 1 aromatic rings. The van der Waals surface area contributed by atoms with Gasteiger partial charge in [-0.3, -0.25) is 4.79 Å². The topological polar surface area (TPSA) is 20.3 Å². The molecule has 20 heavy (non-hydrogen) atoms. The average molecular weight is 338 g/mol. The van der Waals surface area contributed by atoms with Crippen LogP contribution >= 0.6 is 15.9 Å². The number of benzene rings is 1. The summed E-state index contributed by atoms with van der Waals surface area (Å²) in [7, 11) is 0. The standard InChI is InChI=1S/C17H24BrNO/c1-17(2,15-8-4-3-5-9-15)16(20)19-12-6-7-14(13-19)10-11-18/h3-5,8-9,14H,6-7,10-13H2,1-2H3. The van der Waals surface area contributed by atoms with Crippen molar-refractivity contribution in [3.05, 3.63) is 35.9 Å². The van der Waals surface area contributed by atoms with Crippen LogP contribution in [0.15, 0.2) is 30.3 Å². The Kier molecular flexibility index (Phi) is 5.25. The van der Waals surface area contributed by atoms with E-state index in [-0.39, 0.29) is 5.91 Å². The molecule has 0 bridgehead atoms. The molecule has 2 rings (SSSR count). The number of rotatable bonds is 4. The lowest BCUT2D eigenvalue weighted by molar-refractivity contribution is -0.138. The first-order valence-corrected chi connectivity index (χ1v) is 8.58. The summed E-state index contributed by atoms with van der Waals surface area (Å²) in [6, 6.07) is 10.1. The Morgan fingerprint density at radius 3 is 2.70 bits per heavy atom. The lowest BCUT2D eigenvalue weighted by Crippen LogP contribution is -2.48. The summed E-state index contributed by atoms with van der Waals surface area (Å²) in [4.78, 5) is 15.0. The molecule has 0 N–H and O–H groups in total. The van der Waals surface area contributed by atoms with Crippen molar-refractivity contribution in [2.24, 2.45) is 5.92 Å². The van der Waals surface area contributed by atoms with E-state index in [0.717, 1.165) is 36.8 Å². The maximum absolute atomic E-state index is 12.9. The first-order valence-electron chi connectivity index (χ1n) is 7.46. The molecule has 110 valence electrons. The molecule has 1 aliphatic rings. The number of likely N-dealkylation sites (tertiary alicyclic amines) is 1. The van der Waals surface area contributed by atoms with Crippen LogP contribution in [-0.4, -0.2) is 29.2 Å². The predicted molar refractivity (Wildman–Crippen MR) is 87.2 cm³/mol. The van der Waals surface area contributed by atoms with Crippen molar-refractivity contribution in [1.29, 1.82) is 0 Å². The Morgan fingerprint density at radius 2 is 2.05 bits per heavy atom. The molecule has 1 aromatic carbocycles. The molecule has 2 nitrogen and oxygen atoms in total. The second-order valence-corrected chi connectivity index (χ2v) is 7.02. The summed E-state index contributed by atoms with van der Waals surface area (Å²) in [6.07, 6.45) is 3.55. The molecule has 0 spiro atoms. The fourth-order valence-corrected chi connectivity index (χ4v) is 3.66. The van der Waals surface area contributed by atoms with Crippen LogP contribution in [0.3, 0.4) is 0 Å². The Balaban J connectivity index is 2.10. The van der Waals surface area contributed by atoms with Crippen LogP contribution in [0.4, 0.5) is 0 Å². The molecule has 1 unspecified atom stereocenters. The maximum Gasteiger partial charge on any atom is 0.232 e. The number of hydrogen-bond acceptors (Lipinski definition) is 1. The molecule has 3 heteroatoms. The summed E-state index contributed by atoms with van der Waals surface area (Å²) in [5.41, 5.74) is 0.671. The summed E-state index contributed by atoms with van der Waals surface area (Å²) < 4.78 is 0. The SMILES string of the molecule is CC(C)(C(=O)N1CCCC(CCBr)C1)c1ccccc1. The minimum absolute atomic E-state index is 0.267. The van der Waals surface area contributed by atoms with Crippen molar-refractivity contribution in [2.45, 2.75) is 38.5 Å². The smallest absolute Gasteiger partial charge is 0.232 e. The molecule has 0 radical (unpaired) electrons. The number of piperidine rings is 1. The van der Waals surface area contributed by atoms with Crippen molar-refractivity contribution in [2.75, 3.05) is 18.4 Å². The molecule has 1 saturated heterocycles. The molecule has 1 fully saturated rings. The number of carbonyl (C=O) groups excluding carboxylic acids is 1. The van der Waals surface area contributed by atoms with Gasteiger partial charge >= 0.3 is 0 Å². The zero-order valence-corrected chi connectivity index (χ0v) is 14.0. The highest BCUT2D eigenvalue weighted by atomic mass is 79.9. The summed E-state index contributed by atoms with van der Waals surface area (Å²) in [5, 5.41) is 1.03. The van der Waals surface area contributed by atoms with Crippen molar-refractivity contribution < 1.29 is 4.79 Å². The molecule has 0 saturated carbocycles. The van der Waals surface area contributed by atoms with Gasteiger partial charge < -0.3 is 4.90 Å². The van der Waals surface area contributed by atoms with Crippen LogP contribution in [0.25, 0.3) is 0 Å². The van der Waals surface area contributed by atoms with Crippen LogP contribution < -0.4 is 0 Å². The first-order chi connectivity index (χ1) is 9.55. The fraction of sp³-hybridized carbons (Fsp3) is 0.588. The van der Waals surface area contributed by atoms with Crippen molar-refractivity contribution in [3.63, 3.8) is 0 Å². The monoisotopic (exact) mass is 337 g/mol. The highest BCUT2D eigenvalue weighted by Crippen LogP contribution is 2.29. The molecule has 1 aliphatic heterocycles. The quantitative estimate of drug-likeness (QED) is 0.760. The van der Waals surface area contributed by atoms with Gasteiger partial charge in [0.25, 0.3) is 0 Å². The van der Waals surface area contributed by atoms with Gasteiger partial charge in [-0.05, 0) is 44.6 Å². The summed E-state index contributed by atoms with van der Waals surface area (Å²) >= 11 is 3.51. The average Bonchev–Trinajstić information content (AvgIpc) is 2.48.